The lowest BCUT2D eigenvalue weighted by Crippen LogP contribution is -2.56. The first-order chi connectivity index (χ1) is 6.56. The summed E-state index contributed by atoms with van der Waals surface area (Å²) < 4.78 is 0. The Morgan fingerprint density at radius 2 is 1.64 bits per heavy atom. The molecule has 4 saturated carbocycles. The highest BCUT2D eigenvalue weighted by molar-refractivity contribution is 5.16. The first-order valence-electron chi connectivity index (χ1n) is 5.94. The van der Waals surface area contributed by atoms with Gasteiger partial charge in [0.15, 0.2) is 0 Å². The molecule has 14 heavy (non-hydrogen) atoms. The van der Waals surface area contributed by atoms with E-state index in [4.69, 9.17) is 6.57 Å². The highest BCUT2D eigenvalue weighted by atomic mass is 14.9. The maximum Gasteiger partial charge on any atom is 0.233 e. The predicted octanol–water partition coefficient (Wildman–Crippen LogP) is 3.51. The van der Waals surface area contributed by atoms with Gasteiger partial charge in [-0.1, -0.05) is 13.8 Å². The van der Waals surface area contributed by atoms with Gasteiger partial charge in [0.1, 0.15) is 0 Å². The van der Waals surface area contributed by atoms with Crippen molar-refractivity contribution >= 4 is 0 Å². The summed E-state index contributed by atoms with van der Waals surface area (Å²) in [6.07, 6.45) is 6.47. The lowest BCUT2D eigenvalue weighted by molar-refractivity contribution is -0.0876. The number of rotatable bonds is 0. The van der Waals surface area contributed by atoms with Crippen LogP contribution in [0.5, 0.6) is 0 Å². The van der Waals surface area contributed by atoms with Crippen LogP contribution in [-0.4, -0.2) is 5.54 Å². The smallest absolute Gasteiger partial charge is 0.233 e. The van der Waals surface area contributed by atoms with Crippen molar-refractivity contribution in [1.82, 2.24) is 0 Å². The van der Waals surface area contributed by atoms with Crippen LogP contribution in [0, 0.1) is 29.7 Å². The van der Waals surface area contributed by atoms with E-state index in [9.17, 15) is 0 Å². The standard InChI is InChI=1S/C13H19N/c1-12(2)10-4-9-5-11(12)8-13(6-9,7-10)14-3/h9-11H,4-8H2,1-2H3. The van der Waals surface area contributed by atoms with E-state index in [1.807, 2.05) is 0 Å². The molecule has 0 aromatic rings. The van der Waals surface area contributed by atoms with Crippen molar-refractivity contribution < 1.29 is 0 Å². The van der Waals surface area contributed by atoms with E-state index in [1.54, 1.807) is 0 Å². The van der Waals surface area contributed by atoms with Crippen LogP contribution in [0.1, 0.15) is 46.0 Å². The molecule has 4 rings (SSSR count). The molecule has 1 nitrogen and oxygen atoms in total. The van der Waals surface area contributed by atoms with Crippen LogP contribution >= 0.6 is 0 Å². The molecule has 0 spiro atoms. The van der Waals surface area contributed by atoms with Crippen LogP contribution in [0.2, 0.25) is 0 Å². The van der Waals surface area contributed by atoms with Crippen molar-refractivity contribution in [3.63, 3.8) is 0 Å². The molecular weight excluding hydrogens is 170 g/mol. The fourth-order valence-corrected chi connectivity index (χ4v) is 4.54. The molecule has 0 aliphatic heterocycles. The van der Waals surface area contributed by atoms with Crippen molar-refractivity contribution in [1.29, 1.82) is 0 Å². The van der Waals surface area contributed by atoms with Crippen LogP contribution in [0.4, 0.5) is 0 Å². The minimum absolute atomic E-state index is 0.0893. The van der Waals surface area contributed by atoms with Gasteiger partial charge in [-0.15, -0.1) is 0 Å². The quantitative estimate of drug-likeness (QED) is 0.514. The molecular formula is C13H19N. The normalized spacial score (nSPS) is 53.1. The third kappa shape index (κ3) is 0.900. The molecule has 4 aliphatic rings. The van der Waals surface area contributed by atoms with E-state index in [1.165, 1.54) is 32.1 Å². The first-order valence-corrected chi connectivity index (χ1v) is 5.94. The van der Waals surface area contributed by atoms with Crippen molar-refractivity contribution in [2.24, 2.45) is 23.2 Å². The molecule has 0 amide bonds. The van der Waals surface area contributed by atoms with Gasteiger partial charge in [0.25, 0.3) is 0 Å². The van der Waals surface area contributed by atoms with Gasteiger partial charge < -0.3 is 4.85 Å². The monoisotopic (exact) mass is 189 g/mol. The van der Waals surface area contributed by atoms with E-state index in [0.29, 0.717) is 5.41 Å². The molecule has 0 radical (unpaired) electrons. The van der Waals surface area contributed by atoms with Crippen molar-refractivity contribution in [2.45, 2.75) is 51.5 Å². The topological polar surface area (TPSA) is 4.36 Å². The molecule has 0 saturated heterocycles. The zero-order chi connectivity index (χ0) is 9.97. The molecule has 0 heterocycles. The highest BCUT2D eigenvalue weighted by Gasteiger charge is 2.62. The molecule has 0 N–H and O–H groups in total. The van der Waals surface area contributed by atoms with Crippen molar-refractivity contribution in [2.75, 3.05) is 0 Å². The second-order valence-corrected chi connectivity index (χ2v) is 6.50. The Bertz CT molecular complexity index is 292. The number of nitrogens with zero attached hydrogens (tertiary/aromatic N) is 1. The predicted molar refractivity (Wildman–Crippen MR) is 56.7 cm³/mol. The third-order valence-corrected chi connectivity index (χ3v) is 5.50. The Morgan fingerprint density at radius 1 is 1.07 bits per heavy atom. The Morgan fingerprint density at radius 3 is 2.14 bits per heavy atom. The van der Waals surface area contributed by atoms with Crippen LogP contribution in [0.15, 0.2) is 0 Å². The van der Waals surface area contributed by atoms with Gasteiger partial charge in [0.05, 0.1) is 0 Å². The fourth-order valence-electron chi connectivity index (χ4n) is 4.54. The van der Waals surface area contributed by atoms with Gasteiger partial charge >= 0.3 is 0 Å². The summed E-state index contributed by atoms with van der Waals surface area (Å²) in [4.78, 5) is 4.00. The average Bonchev–Trinajstić information content (AvgIpc) is 2.14. The molecule has 1 heteroatoms. The largest absolute Gasteiger partial charge is 0.310 e. The summed E-state index contributed by atoms with van der Waals surface area (Å²) in [6, 6.07) is 0. The molecule has 0 aromatic heterocycles. The van der Waals surface area contributed by atoms with Crippen LogP contribution < -0.4 is 0 Å². The van der Waals surface area contributed by atoms with E-state index < -0.39 is 0 Å². The van der Waals surface area contributed by atoms with Crippen LogP contribution in [0.25, 0.3) is 4.85 Å². The Balaban J connectivity index is 2.01. The fraction of sp³-hybridized carbons (Fsp3) is 0.923. The maximum atomic E-state index is 7.43. The Labute approximate surface area is 86.7 Å². The molecule has 2 atom stereocenters. The van der Waals surface area contributed by atoms with Gasteiger partial charge in [0, 0.05) is 19.3 Å². The lowest BCUT2D eigenvalue weighted by atomic mass is 9.44. The Kier molecular flexibility index (Phi) is 1.47. The molecule has 76 valence electrons. The minimum atomic E-state index is 0.0893. The maximum absolute atomic E-state index is 7.43. The molecule has 4 bridgehead atoms. The lowest BCUT2D eigenvalue weighted by Gasteiger charge is -2.59. The van der Waals surface area contributed by atoms with Crippen molar-refractivity contribution in [3.8, 4) is 0 Å². The molecule has 4 aliphatic carbocycles. The van der Waals surface area contributed by atoms with Gasteiger partial charge in [-0.05, 0) is 36.0 Å². The summed E-state index contributed by atoms with van der Waals surface area (Å²) >= 11 is 0. The first kappa shape index (κ1) is 8.77. The SMILES string of the molecule is [C-]#[N+]C12CC3CC(C1)C(C)(C)C(C3)C2. The Hall–Kier alpha value is -0.510. The second-order valence-electron chi connectivity index (χ2n) is 6.50. The van der Waals surface area contributed by atoms with E-state index in [-0.39, 0.29) is 5.54 Å². The van der Waals surface area contributed by atoms with E-state index in [0.717, 1.165) is 17.8 Å². The van der Waals surface area contributed by atoms with Crippen LogP contribution in [-0.2, 0) is 0 Å². The van der Waals surface area contributed by atoms with E-state index in [2.05, 4.69) is 18.7 Å². The van der Waals surface area contributed by atoms with Gasteiger partial charge in [-0.2, -0.15) is 0 Å². The average molecular weight is 189 g/mol. The summed E-state index contributed by atoms with van der Waals surface area (Å²) in [5.41, 5.74) is 0.622. The van der Waals surface area contributed by atoms with Crippen molar-refractivity contribution in [3.05, 3.63) is 11.4 Å². The van der Waals surface area contributed by atoms with Crippen LogP contribution in [0.3, 0.4) is 0 Å². The molecule has 0 aromatic carbocycles. The number of hydrogen-bond donors (Lipinski definition) is 0. The molecule has 2 unspecified atom stereocenters. The minimum Gasteiger partial charge on any atom is -0.310 e. The molecule has 4 fully saturated rings. The van der Waals surface area contributed by atoms with E-state index >= 15 is 0 Å². The summed E-state index contributed by atoms with van der Waals surface area (Å²) in [5, 5.41) is 0. The zero-order valence-electron chi connectivity index (χ0n) is 9.21. The van der Waals surface area contributed by atoms with Gasteiger partial charge in [0.2, 0.25) is 5.54 Å². The summed E-state index contributed by atoms with van der Waals surface area (Å²) in [6.45, 7) is 12.3. The summed E-state index contributed by atoms with van der Waals surface area (Å²) in [5.74, 6) is 2.60. The number of hydrogen-bond acceptors (Lipinski definition) is 0. The van der Waals surface area contributed by atoms with Gasteiger partial charge in [-0.3, -0.25) is 0 Å². The zero-order valence-corrected chi connectivity index (χ0v) is 9.21. The highest BCUT2D eigenvalue weighted by Crippen LogP contribution is 2.64. The summed E-state index contributed by atoms with van der Waals surface area (Å²) in [7, 11) is 0. The van der Waals surface area contributed by atoms with Gasteiger partial charge in [-0.25, -0.2) is 6.57 Å². The second kappa shape index (κ2) is 2.35. The third-order valence-electron chi connectivity index (χ3n) is 5.50.